The number of hydrogen-bond donors (Lipinski definition) is 3. The summed E-state index contributed by atoms with van der Waals surface area (Å²) < 4.78 is 0. The second-order valence-electron chi connectivity index (χ2n) is 5.04. The average Bonchev–Trinajstić information content (AvgIpc) is 3.04. The number of nitrogens with two attached hydrogens (primary N) is 1. The molecule has 0 aromatic heterocycles. The van der Waals surface area contributed by atoms with Crippen molar-refractivity contribution in [2.75, 3.05) is 0 Å². The number of hydrazine groups is 1. The first-order valence-corrected chi connectivity index (χ1v) is 6.69. The molecule has 0 unspecified atom stereocenters. The number of hydrogen-bond acceptors (Lipinski definition) is 2. The van der Waals surface area contributed by atoms with Gasteiger partial charge in [0.1, 0.15) is 0 Å². The Labute approximate surface area is 98.0 Å². The van der Waals surface area contributed by atoms with Gasteiger partial charge in [-0.25, -0.2) is 10.8 Å². The minimum atomic E-state index is 0.520. The Hall–Kier alpha value is -0.770. The van der Waals surface area contributed by atoms with Gasteiger partial charge in [-0.05, 0) is 25.7 Å². The fourth-order valence-corrected chi connectivity index (χ4v) is 2.30. The Balaban J connectivity index is 1.80. The maximum atomic E-state index is 5.49. The van der Waals surface area contributed by atoms with Crippen molar-refractivity contribution in [3.8, 4) is 0 Å². The molecule has 0 aromatic carbocycles. The second-order valence-corrected chi connectivity index (χ2v) is 5.04. The Kier molecular flexibility index (Phi) is 4.45. The molecule has 92 valence electrons. The lowest BCUT2D eigenvalue weighted by Crippen LogP contribution is -2.46. The fraction of sp³-hybridized carbons (Fsp3) is 0.917. The van der Waals surface area contributed by atoms with E-state index in [1.165, 1.54) is 57.8 Å². The van der Waals surface area contributed by atoms with Crippen LogP contribution in [0.25, 0.3) is 0 Å². The van der Waals surface area contributed by atoms with E-state index in [4.69, 9.17) is 5.84 Å². The third-order valence-electron chi connectivity index (χ3n) is 3.44. The third kappa shape index (κ3) is 4.00. The number of rotatable bonds is 2. The highest BCUT2D eigenvalue weighted by atomic mass is 15.3. The van der Waals surface area contributed by atoms with Crippen molar-refractivity contribution in [3.63, 3.8) is 0 Å². The molecular formula is C12H24N4. The van der Waals surface area contributed by atoms with Crippen LogP contribution in [0.3, 0.4) is 0 Å². The van der Waals surface area contributed by atoms with Gasteiger partial charge in [0.15, 0.2) is 0 Å². The van der Waals surface area contributed by atoms with Crippen molar-refractivity contribution >= 4 is 5.96 Å². The van der Waals surface area contributed by atoms with Crippen LogP contribution >= 0.6 is 0 Å². The molecule has 16 heavy (non-hydrogen) atoms. The van der Waals surface area contributed by atoms with Crippen LogP contribution in [-0.4, -0.2) is 18.0 Å². The lowest BCUT2D eigenvalue weighted by molar-refractivity contribution is 0.425. The van der Waals surface area contributed by atoms with Gasteiger partial charge >= 0.3 is 0 Å². The van der Waals surface area contributed by atoms with Gasteiger partial charge in [-0.15, -0.1) is 0 Å². The Morgan fingerprint density at radius 2 is 1.56 bits per heavy atom. The van der Waals surface area contributed by atoms with E-state index in [1.807, 2.05) is 0 Å². The van der Waals surface area contributed by atoms with Crippen molar-refractivity contribution < 1.29 is 0 Å². The van der Waals surface area contributed by atoms with E-state index in [1.54, 1.807) is 0 Å². The SMILES string of the molecule is NNC(=NC1CC1)NC1CCCCCCC1. The van der Waals surface area contributed by atoms with Crippen LogP contribution in [0.15, 0.2) is 4.99 Å². The summed E-state index contributed by atoms with van der Waals surface area (Å²) in [4.78, 5) is 4.52. The molecule has 4 nitrogen and oxygen atoms in total. The number of guanidine groups is 1. The van der Waals surface area contributed by atoms with Gasteiger partial charge in [0.05, 0.1) is 6.04 Å². The van der Waals surface area contributed by atoms with Gasteiger partial charge in [0.25, 0.3) is 0 Å². The Morgan fingerprint density at radius 1 is 0.938 bits per heavy atom. The number of nitrogens with zero attached hydrogens (tertiary/aromatic N) is 1. The third-order valence-corrected chi connectivity index (χ3v) is 3.44. The monoisotopic (exact) mass is 224 g/mol. The van der Waals surface area contributed by atoms with Crippen LogP contribution in [0.2, 0.25) is 0 Å². The summed E-state index contributed by atoms with van der Waals surface area (Å²) >= 11 is 0. The average molecular weight is 224 g/mol. The highest BCUT2D eigenvalue weighted by Crippen LogP contribution is 2.23. The zero-order valence-electron chi connectivity index (χ0n) is 10.0. The van der Waals surface area contributed by atoms with Crippen molar-refractivity contribution in [2.24, 2.45) is 10.8 Å². The molecule has 4 N–H and O–H groups in total. The Morgan fingerprint density at radius 3 is 2.12 bits per heavy atom. The highest BCUT2D eigenvalue weighted by Gasteiger charge is 2.21. The zero-order chi connectivity index (χ0) is 11.2. The van der Waals surface area contributed by atoms with Gasteiger partial charge in [-0.1, -0.05) is 32.1 Å². The van der Waals surface area contributed by atoms with Gasteiger partial charge in [0.2, 0.25) is 5.96 Å². The molecule has 2 saturated carbocycles. The largest absolute Gasteiger partial charge is 0.353 e. The van der Waals surface area contributed by atoms with E-state index in [9.17, 15) is 0 Å². The predicted molar refractivity (Wildman–Crippen MR) is 67.0 cm³/mol. The number of nitrogens with one attached hydrogen (secondary N) is 2. The number of aliphatic imine (C=N–C) groups is 1. The minimum absolute atomic E-state index is 0.520. The van der Waals surface area contributed by atoms with E-state index < -0.39 is 0 Å². The highest BCUT2D eigenvalue weighted by molar-refractivity contribution is 5.79. The van der Waals surface area contributed by atoms with Crippen molar-refractivity contribution in [2.45, 2.75) is 69.9 Å². The van der Waals surface area contributed by atoms with Crippen LogP contribution < -0.4 is 16.6 Å². The molecule has 2 rings (SSSR count). The van der Waals surface area contributed by atoms with Crippen LogP contribution in [0.5, 0.6) is 0 Å². The van der Waals surface area contributed by atoms with Gasteiger partial charge in [-0.2, -0.15) is 0 Å². The first-order chi connectivity index (χ1) is 7.88. The summed E-state index contributed by atoms with van der Waals surface area (Å²) in [5.74, 6) is 6.29. The quantitative estimate of drug-likeness (QED) is 0.289. The van der Waals surface area contributed by atoms with Gasteiger partial charge in [0, 0.05) is 6.04 Å². The molecule has 2 fully saturated rings. The van der Waals surface area contributed by atoms with E-state index in [-0.39, 0.29) is 0 Å². The van der Waals surface area contributed by atoms with E-state index in [0.29, 0.717) is 12.1 Å². The van der Waals surface area contributed by atoms with Crippen LogP contribution in [0.4, 0.5) is 0 Å². The fourth-order valence-electron chi connectivity index (χ4n) is 2.30. The summed E-state index contributed by atoms with van der Waals surface area (Å²) in [6.45, 7) is 0. The molecule has 0 bridgehead atoms. The first-order valence-electron chi connectivity index (χ1n) is 6.69. The second kappa shape index (κ2) is 6.09. The molecule has 0 saturated heterocycles. The van der Waals surface area contributed by atoms with Crippen molar-refractivity contribution in [3.05, 3.63) is 0 Å². The summed E-state index contributed by atoms with van der Waals surface area (Å²) in [6.07, 6.45) is 11.8. The normalized spacial score (nSPS) is 24.7. The standard InChI is InChI=1S/C12H24N4/c13-16-12(15-11-8-9-11)14-10-6-4-2-1-3-5-7-10/h10-11H,1-9,13H2,(H2,14,15,16). The lowest BCUT2D eigenvalue weighted by atomic mass is 9.97. The predicted octanol–water partition coefficient (Wildman–Crippen LogP) is 1.67. The molecule has 4 heteroatoms. The molecule has 2 aliphatic carbocycles. The molecular weight excluding hydrogens is 200 g/mol. The molecule has 0 amide bonds. The van der Waals surface area contributed by atoms with Crippen LogP contribution in [0.1, 0.15) is 57.8 Å². The maximum Gasteiger partial charge on any atom is 0.206 e. The minimum Gasteiger partial charge on any atom is -0.353 e. The van der Waals surface area contributed by atoms with Crippen molar-refractivity contribution in [1.82, 2.24) is 10.7 Å². The molecule has 0 heterocycles. The van der Waals surface area contributed by atoms with E-state index >= 15 is 0 Å². The van der Waals surface area contributed by atoms with E-state index in [2.05, 4.69) is 15.7 Å². The molecule has 0 spiro atoms. The zero-order valence-corrected chi connectivity index (χ0v) is 10.0. The van der Waals surface area contributed by atoms with Crippen LogP contribution in [-0.2, 0) is 0 Å². The summed E-state index contributed by atoms with van der Waals surface area (Å²) in [7, 11) is 0. The summed E-state index contributed by atoms with van der Waals surface area (Å²) in [5.41, 5.74) is 2.70. The summed E-state index contributed by atoms with van der Waals surface area (Å²) in [5, 5.41) is 3.46. The summed E-state index contributed by atoms with van der Waals surface area (Å²) in [6, 6.07) is 1.08. The molecule has 2 aliphatic rings. The van der Waals surface area contributed by atoms with Crippen molar-refractivity contribution in [1.29, 1.82) is 0 Å². The Bertz CT molecular complexity index is 227. The maximum absolute atomic E-state index is 5.49. The first kappa shape index (κ1) is 11.7. The van der Waals surface area contributed by atoms with Gasteiger partial charge in [-0.3, -0.25) is 5.43 Å². The van der Waals surface area contributed by atoms with Gasteiger partial charge < -0.3 is 5.32 Å². The lowest BCUT2D eigenvalue weighted by Gasteiger charge is -2.22. The van der Waals surface area contributed by atoms with Crippen LogP contribution in [0, 0.1) is 0 Å². The molecule has 0 aliphatic heterocycles. The molecule has 0 atom stereocenters. The topological polar surface area (TPSA) is 62.4 Å². The molecule has 0 radical (unpaired) electrons. The smallest absolute Gasteiger partial charge is 0.206 e. The van der Waals surface area contributed by atoms with E-state index in [0.717, 1.165) is 5.96 Å². The molecule has 0 aromatic rings.